The Balaban J connectivity index is 1.32. The first-order valence-corrected chi connectivity index (χ1v) is 10.3. The minimum Gasteiger partial charge on any atom is -0.342 e. The molecule has 0 aliphatic heterocycles. The summed E-state index contributed by atoms with van der Waals surface area (Å²) in [7, 11) is 1.85. The molecule has 4 rings (SSSR count). The van der Waals surface area contributed by atoms with Gasteiger partial charge in [-0.3, -0.25) is 9.89 Å². The number of aromatic amines is 1. The van der Waals surface area contributed by atoms with Gasteiger partial charge in [0.15, 0.2) is 0 Å². The number of hydrogen-bond donors (Lipinski definition) is 1. The van der Waals surface area contributed by atoms with Gasteiger partial charge in [-0.1, -0.05) is 18.2 Å². The molecule has 29 heavy (non-hydrogen) atoms. The second-order valence-electron chi connectivity index (χ2n) is 7.81. The molecule has 1 aromatic heterocycles. The molecule has 0 bridgehead atoms. The number of benzene rings is 2. The van der Waals surface area contributed by atoms with Crippen molar-refractivity contribution < 1.29 is 9.18 Å². The third kappa shape index (κ3) is 4.56. The average Bonchev–Trinajstić information content (AvgIpc) is 3.22. The maximum absolute atomic E-state index is 13.4. The standard InChI is InChI=1S/C24H26FN3O/c1-28(24(29)20-12-11-17-6-2-3-7-18(17)14-20)13-5-10-22-16-23(27-26-22)19-8-4-9-21(25)15-19/h4,8-9,11-12,14-16H,2-3,5-7,10,13H2,1H3,(H,26,27). The van der Waals surface area contributed by atoms with E-state index in [4.69, 9.17) is 0 Å². The van der Waals surface area contributed by atoms with E-state index in [9.17, 15) is 9.18 Å². The van der Waals surface area contributed by atoms with Crippen molar-refractivity contribution >= 4 is 5.91 Å². The molecular weight excluding hydrogens is 365 g/mol. The molecule has 1 heterocycles. The van der Waals surface area contributed by atoms with E-state index in [1.54, 1.807) is 11.0 Å². The summed E-state index contributed by atoms with van der Waals surface area (Å²) in [4.78, 5) is 14.6. The van der Waals surface area contributed by atoms with Gasteiger partial charge in [-0.05, 0) is 80.0 Å². The predicted molar refractivity (Wildman–Crippen MR) is 112 cm³/mol. The number of carbonyl (C=O) groups is 1. The van der Waals surface area contributed by atoms with Crippen molar-refractivity contribution in [1.29, 1.82) is 0 Å². The molecule has 3 aromatic rings. The Labute approximate surface area is 170 Å². The lowest BCUT2D eigenvalue weighted by Crippen LogP contribution is -2.28. The van der Waals surface area contributed by atoms with Crippen LogP contribution >= 0.6 is 0 Å². The molecule has 1 aliphatic carbocycles. The Bertz CT molecular complexity index is 1010. The van der Waals surface area contributed by atoms with Gasteiger partial charge in [0.05, 0.1) is 5.69 Å². The van der Waals surface area contributed by atoms with Crippen LogP contribution in [0.1, 0.15) is 46.4 Å². The molecule has 0 radical (unpaired) electrons. The van der Waals surface area contributed by atoms with Crippen molar-refractivity contribution in [3.63, 3.8) is 0 Å². The summed E-state index contributed by atoms with van der Waals surface area (Å²) in [5.74, 6) is -0.196. The maximum atomic E-state index is 13.4. The van der Waals surface area contributed by atoms with Crippen LogP contribution in [0.3, 0.4) is 0 Å². The molecule has 1 aliphatic rings. The van der Waals surface area contributed by atoms with Crippen molar-refractivity contribution in [2.75, 3.05) is 13.6 Å². The highest BCUT2D eigenvalue weighted by Crippen LogP contribution is 2.23. The number of carbonyl (C=O) groups excluding carboxylic acids is 1. The molecular formula is C24H26FN3O. The smallest absolute Gasteiger partial charge is 0.253 e. The third-order valence-electron chi connectivity index (χ3n) is 5.63. The van der Waals surface area contributed by atoms with Crippen LogP contribution in [0.2, 0.25) is 0 Å². The van der Waals surface area contributed by atoms with Gasteiger partial charge >= 0.3 is 0 Å². The van der Waals surface area contributed by atoms with Crippen molar-refractivity contribution in [1.82, 2.24) is 15.1 Å². The highest BCUT2D eigenvalue weighted by atomic mass is 19.1. The first-order valence-electron chi connectivity index (χ1n) is 10.3. The molecule has 0 unspecified atom stereocenters. The maximum Gasteiger partial charge on any atom is 0.253 e. The highest BCUT2D eigenvalue weighted by Gasteiger charge is 2.16. The van der Waals surface area contributed by atoms with E-state index < -0.39 is 0 Å². The molecule has 4 nitrogen and oxygen atoms in total. The topological polar surface area (TPSA) is 49.0 Å². The minimum absolute atomic E-state index is 0.0726. The summed E-state index contributed by atoms with van der Waals surface area (Å²) in [6, 6.07) is 14.5. The van der Waals surface area contributed by atoms with E-state index in [-0.39, 0.29) is 11.7 Å². The molecule has 0 saturated carbocycles. The largest absolute Gasteiger partial charge is 0.342 e. The monoisotopic (exact) mass is 391 g/mol. The molecule has 1 N–H and O–H groups in total. The van der Waals surface area contributed by atoms with Crippen LogP contribution in [0, 0.1) is 5.82 Å². The van der Waals surface area contributed by atoms with Gasteiger partial charge < -0.3 is 4.90 Å². The lowest BCUT2D eigenvalue weighted by molar-refractivity contribution is 0.0793. The summed E-state index contributed by atoms with van der Waals surface area (Å²) < 4.78 is 13.4. The summed E-state index contributed by atoms with van der Waals surface area (Å²) in [5, 5.41) is 7.29. The molecule has 5 heteroatoms. The van der Waals surface area contributed by atoms with Crippen molar-refractivity contribution in [3.8, 4) is 11.3 Å². The van der Waals surface area contributed by atoms with Crippen LogP contribution in [0.25, 0.3) is 11.3 Å². The minimum atomic E-state index is -0.269. The normalized spacial score (nSPS) is 13.2. The Hall–Kier alpha value is -2.95. The number of hydrogen-bond acceptors (Lipinski definition) is 2. The van der Waals surface area contributed by atoms with Gasteiger partial charge in [0.1, 0.15) is 5.82 Å². The first-order chi connectivity index (χ1) is 14.1. The third-order valence-corrected chi connectivity index (χ3v) is 5.63. The summed E-state index contributed by atoms with van der Waals surface area (Å²) in [6.07, 6.45) is 6.27. The van der Waals surface area contributed by atoms with E-state index in [2.05, 4.69) is 22.3 Å². The van der Waals surface area contributed by atoms with Crippen LogP contribution in [0.4, 0.5) is 4.39 Å². The Morgan fingerprint density at radius 3 is 2.76 bits per heavy atom. The number of aromatic nitrogens is 2. The molecule has 150 valence electrons. The van der Waals surface area contributed by atoms with E-state index in [0.717, 1.165) is 48.2 Å². The van der Waals surface area contributed by atoms with Crippen molar-refractivity contribution in [2.24, 2.45) is 0 Å². The van der Waals surface area contributed by atoms with Crippen molar-refractivity contribution in [2.45, 2.75) is 38.5 Å². The molecule has 2 aromatic carbocycles. The van der Waals surface area contributed by atoms with Gasteiger partial charge in [-0.25, -0.2) is 4.39 Å². The molecule has 1 amide bonds. The van der Waals surface area contributed by atoms with Gasteiger partial charge in [0, 0.05) is 30.4 Å². The van der Waals surface area contributed by atoms with Crippen LogP contribution < -0.4 is 0 Å². The Morgan fingerprint density at radius 2 is 1.93 bits per heavy atom. The van der Waals surface area contributed by atoms with E-state index in [1.165, 1.54) is 36.1 Å². The molecule has 0 atom stereocenters. The zero-order valence-corrected chi connectivity index (χ0v) is 16.7. The van der Waals surface area contributed by atoms with E-state index in [0.29, 0.717) is 6.54 Å². The van der Waals surface area contributed by atoms with Gasteiger partial charge in [0.25, 0.3) is 5.91 Å². The fourth-order valence-corrected chi connectivity index (χ4v) is 3.98. The number of nitrogens with one attached hydrogen (secondary N) is 1. The highest BCUT2D eigenvalue weighted by molar-refractivity contribution is 5.94. The van der Waals surface area contributed by atoms with Crippen LogP contribution in [0.15, 0.2) is 48.5 Å². The number of amides is 1. The first kappa shape index (κ1) is 19.4. The summed E-state index contributed by atoms with van der Waals surface area (Å²) >= 11 is 0. The van der Waals surface area contributed by atoms with Crippen LogP contribution in [0.5, 0.6) is 0 Å². The number of H-pyrrole nitrogens is 1. The number of aryl methyl sites for hydroxylation is 3. The Morgan fingerprint density at radius 1 is 1.10 bits per heavy atom. The fraction of sp³-hybridized carbons (Fsp3) is 0.333. The average molecular weight is 391 g/mol. The SMILES string of the molecule is CN(CCCc1cc(-c2cccc(F)c2)n[nH]1)C(=O)c1ccc2c(c1)CCCC2. The quantitative estimate of drug-likeness (QED) is 0.656. The van der Waals surface area contributed by atoms with Crippen molar-refractivity contribution in [3.05, 3.63) is 76.7 Å². The van der Waals surface area contributed by atoms with Gasteiger partial charge in [-0.15, -0.1) is 0 Å². The van der Waals surface area contributed by atoms with Crippen LogP contribution in [-0.4, -0.2) is 34.6 Å². The van der Waals surface area contributed by atoms with Gasteiger partial charge in [0.2, 0.25) is 0 Å². The van der Waals surface area contributed by atoms with Crippen LogP contribution in [-0.2, 0) is 19.3 Å². The summed E-state index contributed by atoms with van der Waals surface area (Å²) in [6.45, 7) is 0.671. The molecule has 0 spiro atoms. The number of fused-ring (bicyclic) bond motifs is 1. The number of nitrogens with zero attached hydrogens (tertiary/aromatic N) is 2. The van der Waals surface area contributed by atoms with E-state index in [1.807, 2.05) is 25.2 Å². The van der Waals surface area contributed by atoms with Gasteiger partial charge in [-0.2, -0.15) is 5.10 Å². The fourth-order valence-electron chi connectivity index (χ4n) is 3.98. The molecule has 0 saturated heterocycles. The second kappa shape index (κ2) is 8.60. The van der Waals surface area contributed by atoms with E-state index >= 15 is 0 Å². The zero-order chi connectivity index (χ0) is 20.2. The molecule has 0 fully saturated rings. The summed E-state index contributed by atoms with van der Waals surface area (Å²) in [5.41, 5.74) is 5.98. The lowest BCUT2D eigenvalue weighted by atomic mass is 9.90. The zero-order valence-electron chi connectivity index (χ0n) is 16.7. The predicted octanol–water partition coefficient (Wildman–Crippen LogP) is 4.80. The Kier molecular flexibility index (Phi) is 5.74. The lowest BCUT2D eigenvalue weighted by Gasteiger charge is -2.20. The number of rotatable bonds is 6. The second-order valence-corrected chi connectivity index (χ2v) is 7.81. The number of halogens is 1.